The van der Waals surface area contributed by atoms with Crippen LogP contribution in [0.2, 0.25) is 0 Å². The minimum atomic E-state index is -0.328. The van der Waals surface area contributed by atoms with Gasteiger partial charge in [-0.3, -0.25) is 18.6 Å². The summed E-state index contributed by atoms with van der Waals surface area (Å²) in [5.74, 6) is 0.557. The molecule has 0 spiro atoms. The first kappa shape index (κ1) is 20.7. The molecule has 8 nitrogen and oxygen atoms in total. The number of para-hydroxylation sites is 2. The molecule has 0 bridgehead atoms. The van der Waals surface area contributed by atoms with E-state index in [-0.39, 0.29) is 22.9 Å². The minimum Gasteiger partial charge on any atom is -0.495 e. The van der Waals surface area contributed by atoms with Crippen LogP contribution in [0.3, 0.4) is 0 Å². The second-order valence-electron chi connectivity index (χ2n) is 6.96. The topological polar surface area (TPSA) is 90.5 Å². The van der Waals surface area contributed by atoms with Crippen LogP contribution >= 0.6 is 11.8 Å². The number of aromatic nitrogens is 4. The Hall–Kier alpha value is -3.59. The highest BCUT2D eigenvalue weighted by Gasteiger charge is 2.15. The zero-order valence-electron chi connectivity index (χ0n) is 17.3. The number of aryl methyl sites for hydroxylation is 2. The van der Waals surface area contributed by atoms with Gasteiger partial charge in [-0.1, -0.05) is 30.0 Å². The molecule has 1 N–H and O–H groups in total. The molecule has 0 aliphatic carbocycles. The number of amides is 1. The van der Waals surface area contributed by atoms with Gasteiger partial charge >= 0.3 is 5.56 Å². The van der Waals surface area contributed by atoms with Gasteiger partial charge in [0.2, 0.25) is 11.6 Å². The van der Waals surface area contributed by atoms with Crippen LogP contribution in [0.15, 0.2) is 64.8 Å². The highest BCUT2D eigenvalue weighted by atomic mass is 32.2. The molecule has 0 radical (unpaired) electrons. The second kappa shape index (κ2) is 8.65. The lowest BCUT2D eigenvalue weighted by molar-refractivity contribution is -0.113. The molecular formula is C22H21N5O3S. The van der Waals surface area contributed by atoms with Crippen molar-refractivity contribution >= 4 is 29.0 Å². The molecule has 0 aliphatic rings. The molecule has 0 saturated heterocycles. The zero-order valence-corrected chi connectivity index (χ0v) is 18.1. The van der Waals surface area contributed by atoms with Gasteiger partial charge in [0.25, 0.3) is 0 Å². The number of carbonyl (C=O) groups excluding carboxylic acids is 1. The number of methoxy groups -OCH3 is 1. The van der Waals surface area contributed by atoms with E-state index in [2.05, 4.69) is 15.5 Å². The summed E-state index contributed by atoms with van der Waals surface area (Å²) in [6.45, 7) is 4.02. The van der Waals surface area contributed by atoms with Crippen molar-refractivity contribution in [3.05, 3.63) is 76.3 Å². The van der Waals surface area contributed by atoms with Gasteiger partial charge < -0.3 is 10.1 Å². The van der Waals surface area contributed by atoms with Gasteiger partial charge in [0.15, 0.2) is 5.16 Å². The SMILES string of the molecule is COc1ccccc1-n1ccn2c(SCC(=O)Nc3ccc(C)c(C)c3)nnc2c1=O. The van der Waals surface area contributed by atoms with Crippen LogP contribution in [-0.4, -0.2) is 37.9 Å². The van der Waals surface area contributed by atoms with E-state index in [1.54, 1.807) is 36.0 Å². The number of nitrogens with zero attached hydrogens (tertiary/aromatic N) is 4. The number of rotatable bonds is 6. The summed E-state index contributed by atoms with van der Waals surface area (Å²) in [5, 5.41) is 11.5. The first-order valence-corrected chi connectivity index (χ1v) is 10.6. The summed E-state index contributed by atoms with van der Waals surface area (Å²) >= 11 is 1.21. The van der Waals surface area contributed by atoms with Crippen molar-refractivity contribution in [2.75, 3.05) is 18.2 Å². The summed E-state index contributed by atoms with van der Waals surface area (Å²) in [6.07, 6.45) is 3.34. The third-order valence-corrected chi connectivity index (χ3v) is 5.85. The van der Waals surface area contributed by atoms with E-state index in [1.807, 2.05) is 44.2 Å². The number of hydrogen-bond donors (Lipinski definition) is 1. The maximum absolute atomic E-state index is 12.9. The Kier molecular flexibility index (Phi) is 5.77. The lowest BCUT2D eigenvalue weighted by Gasteiger charge is -2.10. The van der Waals surface area contributed by atoms with Crippen molar-refractivity contribution in [1.82, 2.24) is 19.2 Å². The van der Waals surface area contributed by atoms with Crippen LogP contribution < -0.4 is 15.6 Å². The molecule has 2 aromatic heterocycles. The molecule has 1 amide bonds. The number of hydrogen-bond acceptors (Lipinski definition) is 6. The molecule has 0 unspecified atom stereocenters. The molecule has 158 valence electrons. The molecule has 4 aromatic rings. The first-order valence-electron chi connectivity index (χ1n) is 9.57. The smallest absolute Gasteiger partial charge is 0.300 e. The average molecular weight is 436 g/mol. The van der Waals surface area contributed by atoms with E-state index in [0.29, 0.717) is 16.6 Å². The Balaban J connectivity index is 1.53. The molecule has 2 aromatic carbocycles. The molecule has 0 atom stereocenters. The van der Waals surface area contributed by atoms with Gasteiger partial charge in [0, 0.05) is 18.1 Å². The van der Waals surface area contributed by atoms with Crippen molar-refractivity contribution in [1.29, 1.82) is 0 Å². The monoisotopic (exact) mass is 435 g/mol. The van der Waals surface area contributed by atoms with Crippen LogP contribution in [0.4, 0.5) is 5.69 Å². The van der Waals surface area contributed by atoms with Crippen LogP contribution in [0.5, 0.6) is 5.75 Å². The summed E-state index contributed by atoms with van der Waals surface area (Å²) in [7, 11) is 1.55. The van der Waals surface area contributed by atoms with E-state index >= 15 is 0 Å². The fourth-order valence-electron chi connectivity index (χ4n) is 3.13. The van der Waals surface area contributed by atoms with Crippen LogP contribution in [-0.2, 0) is 4.79 Å². The molecule has 9 heteroatoms. The lowest BCUT2D eigenvalue weighted by atomic mass is 10.1. The van der Waals surface area contributed by atoms with Gasteiger partial charge in [-0.05, 0) is 49.2 Å². The summed E-state index contributed by atoms with van der Waals surface area (Å²) < 4.78 is 8.40. The maximum Gasteiger partial charge on any atom is 0.300 e. The molecule has 4 rings (SSSR count). The number of ether oxygens (including phenoxy) is 1. The van der Waals surface area contributed by atoms with Crippen molar-refractivity contribution in [2.24, 2.45) is 0 Å². The number of anilines is 1. The van der Waals surface area contributed by atoms with E-state index in [9.17, 15) is 9.59 Å². The van der Waals surface area contributed by atoms with Crippen molar-refractivity contribution in [3.63, 3.8) is 0 Å². The van der Waals surface area contributed by atoms with Gasteiger partial charge in [0.1, 0.15) is 5.75 Å². The van der Waals surface area contributed by atoms with Crippen molar-refractivity contribution < 1.29 is 9.53 Å². The molecular weight excluding hydrogens is 414 g/mol. The van der Waals surface area contributed by atoms with Gasteiger partial charge in [0.05, 0.1) is 18.6 Å². The maximum atomic E-state index is 12.9. The van der Waals surface area contributed by atoms with E-state index < -0.39 is 0 Å². The molecule has 0 aliphatic heterocycles. The van der Waals surface area contributed by atoms with Crippen molar-refractivity contribution in [2.45, 2.75) is 19.0 Å². The third kappa shape index (κ3) is 4.17. The molecule has 0 fully saturated rings. The van der Waals surface area contributed by atoms with Crippen LogP contribution in [0.1, 0.15) is 11.1 Å². The predicted molar refractivity (Wildman–Crippen MR) is 120 cm³/mol. The van der Waals surface area contributed by atoms with E-state index in [4.69, 9.17) is 4.74 Å². The fraction of sp³-hybridized carbons (Fsp3) is 0.182. The Labute approximate surface area is 182 Å². The van der Waals surface area contributed by atoms with Crippen LogP contribution in [0.25, 0.3) is 11.3 Å². The number of thioether (sulfide) groups is 1. The molecule has 31 heavy (non-hydrogen) atoms. The van der Waals surface area contributed by atoms with Gasteiger partial charge in [-0.15, -0.1) is 10.2 Å². The Morgan fingerprint density at radius 2 is 1.90 bits per heavy atom. The van der Waals surface area contributed by atoms with E-state index in [1.165, 1.54) is 21.9 Å². The Morgan fingerprint density at radius 1 is 1.10 bits per heavy atom. The lowest BCUT2D eigenvalue weighted by Crippen LogP contribution is -2.20. The summed E-state index contributed by atoms with van der Waals surface area (Å²) in [6, 6.07) is 13.0. The average Bonchev–Trinajstić information content (AvgIpc) is 3.19. The Bertz CT molecular complexity index is 1330. The number of fused-ring (bicyclic) bond motifs is 1. The highest BCUT2D eigenvalue weighted by molar-refractivity contribution is 7.99. The second-order valence-corrected chi connectivity index (χ2v) is 7.90. The highest BCUT2D eigenvalue weighted by Crippen LogP contribution is 2.22. The predicted octanol–water partition coefficient (Wildman–Crippen LogP) is 3.24. The minimum absolute atomic E-state index is 0.142. The van der Waals surface area contributed by atoms with Crippen molar-refractivity contribution in [3.8, 4) is 11.4 Å². The normalized spacial score (nSPS) is 10.9. The number of benzene rings is 2. The molecule has 2 heterocycles. The Morgan fingerprint density at radius 3 is 2.68 bits per heavy atom. The summed E-state index contributed by atoms with van der Waals surface area (Å²) in [4.78, 5) is 25.3. The fourth-order valence-corrected chi connectivity index (χ4v) is 3.85. The third-order valence-electron chi connectivity index (χ3n) is 4.91. The molecule has 0 saturated carbocycles. The zero-order chi connectivity index (χ0) is 22.0. The number of carbonyl (C=O) groups is 1. The standard InChI is InChI=1S/C22H21N5O3S/c1-14-8-9-16(12-15(14)2)23-19(28)13-31-22-25-24-20-21(29)26(10-11-27(20)22)17-6-4-5-7-18(17)30-3/h4-12H,13H2,1-3H3,(H,23,28). The first-order chi connectivity index (χ1) is 15.0. The van der Waals surface area contributed by atoms with Crippen LogP contribution in [0, 0.1) is 13.8 Å². The van der Waals surface area contributed by atoms with Gasteiger partial charge in [-0.2, -0.15) is 0 Å². The van der Waals surface area contributed by atoms with E-state index in [0.717, 1.165) is 11.3 Å². The largest absolute Gasteiger partial charge is 0.495 e. The summed E-state index contributed by atoms with van der Waals surface area (Å²) in [5.41, 5.74) is 3.49. The quantitative estimate of drug-likeness (QED) is 0.468. The number of nitrogens with one attached hydrogen (secondary N) is 1. The van der Waals surface area contributed by atoms with Gasteiger partial charge in [-0.25, -0.2) is 0 Å².